The Morgan fingerprint density at radius 1 is 0.976 bits per heavy atom. The number of nitrogens with one attached hydrogen (secondary N) is 2. The van der Waals surface area contributed by atoms with Crippen molar-refractivity contribution in [1.82, 2.24) is 15.1 Å². The highest BCUT2D eigenvalue weighted by molar-refractivity contribution is 6.51. The first-order valence-corrected chi connectivity index (χ1v) is 12.9. The van der Waals surface area contributed by atoms with Crippen molar-refractivity contribution >= 4 is 79.0 Å². The molecule has 3 heterocycles. The summed E-state index contributed by atoms with van der Waals surface area (Å²) in [5.41, 5.74) is -9.41. The fourth-order valence-electron chi connectivity index (χ4n) is 5.38. The van der Waals surface area contributed by atoms with Gasteiger partial charge in [0.25, 0.3) is 17.7 Å². The van der Waals surface area contributed by atoms with Crippen LogP contribution in [-0.4, -0.2) is 125 Å². The van der Waals surface area contributed by atoms with Crippen LogP contribution in [0.5, 0.6) is 0 Å². The van der Waals surface area contributed by atoms with Gasteiger partial charge in [-0.2, -0.15) is 0 Å². The molecule has 2 aromatic carbocycles. The smallest absolute Gasteiger partial charge is 0.282 e. The van der Waals surface area contributed by atoms with Crippen LogP contribution >= 0.6 is 0 Å². The third kappa shape index (κ3) is 4.41. The second-order valence-electron chi connectivity index (χ2n) is 10.5. The van der Waals surface area contributed by atoms with Crippen LogP contribution in [0.15, 0.2) is 18.2 Å². The lowest BCUT2D eigenvalue weighted by Gasteiger charge is -2.54. The van der Waals surface area contributed by atoms with Crippen LogP contribution in [0.3, 0.4) is 0 Å². The van der Waals surface area contributed by atoms with Crippen LogP contribution in [0.2, 0.25) is 0 Å². The van der Waals surface area contributed by atoms with E-state index in [2.05, 4.69) is 5.32 Å². The van der Waals surface area contributed by atoms with Crippen molar-refractivity contribution in [2.75, 3.05) is 31.6 Å². The van der Waals surface area contributed by atoms with Crippen molar-refractivity contribution in [2.24, 2.45) is 0 Å². The minimum absolute atomic E-state index is 0.0206. The summed E-state index contributed by atoms with van der Waals surface area (Å²) < 4.78 is 20.7. The van der Waals surface area contributed by atoms with Gasteiger partial charge in [0.05, 0.1) is 19.8 Å². The summed E-state index contributed by atoms with van der Waals surface area (Å²) in [7, 11) is 29.6. The number of fused-ring (bicyclic) bond motifs is 1. The number of nitrogens with zero attached hydrogens (tertiary/aromatic N) is 2. The van der Waals surface area contributed by atoms with Gasteiger partial charge in [-0.15, -0.1) is 0 Å². The van der Waals surface area contributed by atoms with Gasteiger partial charge in [0, 0.05) is 43.0 Å². The molecule has 0 aliphatic carbocycles. The van der Waals surface area contributed by atoms with Gasteiger partial charge < -0.3 is 25.4 Å². The van der Waals surface area contributed by atoms with Crippen molar-refractivity contribution in [3.63, 3.8) is 0 Å². The molecule has 11 nitrogen and oxygen atoms in total. The highest BCUT2D eigenvalue weighted by Crippen LogP contribution is 2.41. The maximum absolute atomic E-state index is 15.3. The lowest BCUT2D eigenvalue weighted by molar-refractivity contribution is -0.232. The van der Waals surface area contributed by atoms with E-state index < -0.39 is 46.8 Å². The van der Waals surface area contributed by atoms with Crippen molar-refractivity contribution in [2.45, 2.75) is 36.4 Å². The molecule has 5 N–H and O–H groups in total. The monoisotopic (exact) mass is 564 g/mol. The molecule has 0 bridgehead atoms. The first kappa shape index (κ1) is 30.4. The lowest BCUT2D eigenvalue weighted by atomic mass is 9.51. The number of hydrogen-bond donors (Lipinski definition) is 5. The maximum Gasteiger partial charge on any atom is 0.282 e. The Morgan fingerprint density at radius 3 is 2.31 bits per heavy atom. The van der Waals surface area contributed by atoms with Gasteiger partial charge in [0.1, 0.15) is 56.0 Å². The Kier molecular flexibility index (Phi) is 7.64. The van der Waals surface area contributed by atoms with E-state index in [1.807, 2.05) is 4.90 Å². The molecule has 42 heavy (non-hydrogen) atoms. The van der Waals surface area contributed by atoms with Gasteiger partial charge in [-0.05, 0) is 23.3 Å². The third-order valence-electron chi connectivity index (χ3n) is 8.07. The zero-order valence-corrected chi connectivity index (χ0v) is 22.3. The van der Waals surface area contributed by atoms with Gasteiger partial charge in [-0.3, -0.25) is 29.5 Å². The molecular weight excluding hydrogens is 541 g/mol. The Morgan fingerprint density at radius 2 is 1.64 bits per heavy atom. The zero-order chi connectivity index (χ0) is 30.8. The molecule has 3 unspecified atom stereocenters. The van der Waals surface area contributed by atoms with Gasteiger partial charge in [0.15, 0.2) is 0 Å². The number of amides is 3. The standard InChI is InChI=1S/C25H22B5FN4O7/c26-16-12(19(31)18(28)17(27)14(16)9-34-4-6-42-7-5-34)8-32-15-3-1-2-11-13(15)10-35(20(11)36)24(40)22(38)33-21(37)23(29,39)25(24,30)41/h1-3,32,39-41H,4-10H2,(H,33,37,38). The number of anilines is 1. The molecule has 3 atom stereocenters. The number of benzene rings is 2. The molecule has 10 radical (unpaired) electrons. The van der Waals surface area contributed by atoms with Gasteiger partial charge in [0.2, 0.25) is 5.72 Å². The highest BCUT2D eigenvalue weighted by Gasteiger charge is 2.70. The van der Waals surface area contributed by atoms with Crippen LogP contribution in [0.4, 0.5) is 10.1 Å². The Balaban J connectivity index is 1.45. The molecule has 206 valence electrons. The van der Waals surface area contributed by atoms with Crippen LogP contribution in [-0.2, 0) is 34.0 Å². The second kappa shape index (κ2) is 10.6. The number of ether oxygens (including phenoxy) is 1. The summed E-state index contributed by atoms with van der Waals surface area (Å²) in [4.78, 5) is 40.6. The Hall–Kier alpha value is -3.10. The molecule has 3 aliphatic heterocycles. The Bertz CT molecular complexity index is 1500. The minimum Gasteiger partial charge on any atom is -0.392 e. The summed E-state index contributed by atoms with van der Waals surface area (Å²) in [6.45, 7) is 1.89. The van der Waals surface area contributed by atoms with Crippen molar-refractivity contribution < 1.29 is 38.8 Å². The maximum atomic E-state index is 15.3. The largest absolute Gasteiger partial charge is 0.392 e. The zero-order valence-electron chi connectivity index (χ0n) is 22.3. The van der Waals surface area contributed by atoms with Crippen molar-refractivity contribution in [3.8, 4) is 0 Å². The van der Waals surface area contributed by atoms with Crippen LogP contribution in [0, 0.1) is 5.82 Å². The molecule has 17 heteroatoms. The SMILES string of the molecule is [B]c1c([B])c(CN2CCOCC2)c([B])c(CNc2cccc3c2CN(C2(O)C(=O)NC(=O)C([B])(O)C2([B])O)C3=O)c1F. The average molecular weight is 564 g/mol. The van der Waals surface area contributed by atoms with E-state index in [0.29, 0.717) is 43.3 Å². The number of morpholine rings is 1. The molecule has 2 aromatic rings. The molecule has 2 fully saturated rings. The first-order valence-electron chi connectivity index (χ1n) is 12.9. The van der Waals surface area contributed by atoms with E-state index in [1.165, 1.54) is 12.1 Å². The van der Waals surface area contributed by atoms with E-state index in [4.69, 9.17) is 44.0 Å². The summed E-state index contributed by atoms with van der Waals surface area (Å²) in [5, 5.41) is 37.0. The van der Waals surface area contributed by atoms with Gasteiger partial charge >= 0.3 is 0 Å². The van der Waals surface area contributed by atoms with Crippen LogP contribution in [0.25, 0.3) is 0 Å². The summed E-state index contributed by atoms with van der Waals surface area (Å²) >= 11 is 0. The van der Waals surface area contributed by atoms with Crippen LogP contribution < -0.4 is 27.0 Å². The van der Waals surface area contributed by atoms with E-state index >= 15 is 4.39 Å². The van der Waals surface area contributed by atoms with Crippen LogP contribution in [0.1, 0.15) is 27.0 Å². The number of imide groups is 1. The molecule has 0 saturated carbocycles. The molecule has 5 rings (SSSR count). The lowest BCUT2D eigenvalue weighted by Crippen LogP contribution is -2.86. The number of rotatable bonds is 6. The molecule has 0 spiro atoms. The van der Waals surface area contributed by atoms with Gasteiger partial charge in [-0.25, -0.2) is 4.39 Å². The van der Waals surface area contributed by atoms with E-state index in [0.717, 1.165) is 0 Å². The highest BCUT2D eigenvalue weighted by atomic mass is 19.1. The van der Waals surface area contributed by atoms with E-state index in [1.54, 1.807) is 11.4 Å². The molecule has 2 saturated heterocycles. The van der Waals surface area contributed by atoms with E-state index in [9.17, 15) is 29.7 Å². The molecule has 3 aliphatic rings. The number of piperidine rings is 1. The fraction of sp³-hybridized carbons (Fsp3) is 0.400. The fourth-order valence-corrected chi connectivity index (χ4v) is 5.38. The van der Waals surface area contributed by atoms with E-state index in [-0.39, 0.29) is 45.3 Å². The molecular formula is C25H22B5FN4O7. The second-order valence-corrected chi connectivity index (χ2v) is 10.5. The van der Waals surface area contributed by atoms with Gasteiger partial charge in [-0.1, -0.05) is 22.5 Å². The summed E-state index contributed by atoms with van der Waals surface area (Å²) in [5.74, 6) is -4.95. The number of carbonyl (C=O) groups excluding carboxylic acids is 3. The third-order valence-corrected chi connectivity index (χ3v) is 8.07. The van der Waals surface area contributed by atoms with Crippen molar-refractivity contribution in [1.29, 1.82) is 0 Å². The average Bonchev–Trinajstić information content (AvgIpc) is 3.30. The number of hydrogen-bond acceptors (Lipinski definition) is 9. The quantitative estimate of drug-likeness (QED) is 0.172. The molecule has 0 aromatic heterocycles. The van der Waals surface area contributed by atoms with Crippen molar-refractivity contribution in [3.05, 3.63) is 46.3 Å². The predicted molar refractivity (Wildman–Crippen MR) is 152 cm³/mol. The number of aliphatic hydroxyl groups is 3. The predicted octanol–water partition coefficient (Wildman–Crippen LogP) is -5.33. The minimum atomic E-state index is -3.51. The normalized spacial score (nSPS) is 28.1. The first-order chi connectivity index (χ1) is 19.6. The topological polar surface area (TPSA) is 152 Å². The molecule has 3 amide bonds. The Labute approximate surface area is 247 Å². The number of carbonyl (C=O) groups is 3. The summed E-state index contributed by atoms with van der Waals surface area (Å²) in [6, 6.07) is 4.40. The summed E-state index contributed by atoms with van der Waals surface area (Å²) in [6.07, 6.45) is 0. The number of halogens is 1.